The molecule has 6 heteroatoms. The minimum absolute atomic E-state index is 0.220. The summed E-state index contributed by atoms with van der Waals surface area (Å²) in [6, 6.07) is 2.84. The SMILES string of the molecule is Cc1cc(Cl)cc2c1N(C)C(=O)C(CC(=O)O)N2C. The molecule has 1 aromatic rings. The Morgan fingerprint density at radius 2 is 2.05 bits per heavy atom. The number of likely N-dealkylation sites (N-methyl/N-ethyl adjacent to an activating group) is 2. The molecular formula is C13H15ClN2O3. The van der Waals surface area contributed by atoms with Crippen LogP contribution in [-0.4, -0.2) is 37.1 Å². The first-order valence-corrected chi connectivity index (χ1v) is 6.23. The monoisotopic (exact) mass is 282 g/mol. The fraction of sp³-hybridized carbons (Fsp3) is 0.385. The van der Waals surface area contributed by atoms with E-state index < -0.39 is 12.0 Å². The van der Waals surface area contributed by atoms with Crippen molar-refractivity contribution in [3.05, 3.63) is 22.7 Å². The van der Waals surface area contributed by atoms with Crippen LogP contribution in [0.4, 0.5) is 11.4 Å². The number of carboxylic acids is 1. The molecule has 5 nitrogen and oxygen atoms in total. The number of amides is 1. The largest absolute Gasteiger partial charge is 0.481 e. The first kappa shape index (κ1) is 13.7. The quantitative estimate of drug-likeness (QED) is 0.900. The second kappa shape index (κ2) is 4.74. The van der Waals surface area contributed by atoms with Gasteiger partial charge in [0.05, 0.1) is 17.8 Å². The highest BCUT2D eigenvalue weighted by Crippen LogP contribution is 2.39. The minimum Gasteiger partial charge on any atom is -0.481 e. The molecule has 0 bridgehead atoms. The number of anilines is 2. The Bertz CT molecular complexity index is 559. The van der Waals surface area contributed by atoms with Crippen molar-refractivity contribution in [1.29, 1.82) is 0 Å². The molecule has 0 aliphatic carbocycles. The third-order valence-electron chi connectivity index (χ3n) is 3.41. The van der Waals surface area contributed by atoms with Crippen molar-refractivity contribution in [3.8, 4) is 0 Å². The average Bonchev–Trinajstić information content (AvgIpc) is 2.30. The summed E-state index contributed by atoms with van der Waals surface area (Å²) in [6.45, 7) is 1.87. The third kappa shape index (κ3) is 2.26. The molecule has 2 rings (SSSR count). The summed E-state index contributed by atoms with van der Waals surface area (Å²) < 4.78 is 0. The Hall–Kier alpha value is -1.75. The molecular weight excluding hydrogens is 268 g/mol. The van der Waals surface area contributed by atoms with Gasteiger partial charge < -0.3 is 14.9 Å². The molecule has 19 heavy (non-hydrogen) atoms. The number of fused-ring (bicyclic) bond motifs is 1. The van der Waals surface area contributed by atoms with E-state index in [1.165, 1.54) is 4.90 Å². The van der Waals surface area contributed by atoms with Gasteiger partial charge in [0.25, 0.3) is 0 Å². The number of nitrogens with zero attached hydrogens (tertiary/aromatic N) is 2. The summed E-state index contributed by atoms with van der Waals surface area (Å²) in [4.78, 5) is 26.3. The maximum absolute atomic E-state index is 12.3. The number of carbonyl (C=O) groups is 2. The highest BCUT2D eigenvalue weighted by Gasteiger charge is 2.36. The molecule has 1 N–H and O–H groups in total. The Labute approximate surface area is 116 Å². The lowest BCUT2D eigenvalue weighted by Crippen LogP contribution is -2.51. The lowest BCUT2D eigenvalue weighted by molar-refractivity contribution is -0.139. The summed E-state index contributed by atoms with van der Waals surface area (Å²) in [5.41, 5.74) is 2.44. The number of hydrogen-bond donors (Lipinski definition) is 1. The van der Waals surface area contributed by atoms with Crippen molar-refractivity contribution in [2.45, 2.75) is 19.4 Å². The Morgan fingerprint density at radius 3 is 2.63 bits per heavy atom. The number of benzene rings is 1. The molecule has 0 radical (unpaired) electrons. The summed E-state index contributed by atoms with van der Waals surface area (Å²) in [5.74, 6) is -1.22. The number of rotatable bonds is 2. The van der Waals surface area contributed by atoms with Gasteiger partial charge in [0.2, 0.25) is 5.91 Å². The fourth-order valence-electron chi connectivity index (χ4n) is 2.48. The first-order valence-electron chi connectivity index (χ1n) is 5.85. The molecule has 102 valence electrons. The van der Waals surface area contributed by atoms with Crippen LogP contribution in [0.2, 0.25) is 5.02 Å². The standard InChI is InChI=1S/C13H15ClN2O3/c1-7-4-8(14)5-9-12(7)16(3)13(19)10(15(9)2)6-11(17)18/h4-5,10H,6H2,1-3H3,(H,17,18). The van der Waals surface area contributed by atoms with Crippen molar-refractivity contribution in [3.63, 3.8) is 0 Å². The Balaban J connectivity index is 2.55. The van der Waals surface area contributed by atoms with Gasteiger partial charge in [-0.1, -0.05) is 11.6 Å². The van der Waals surface area contributed by atoms with Crippen molar-refractivity contribution in [1.82, 2.24) is 0 Å². The zero-order chi connectivity index (χ0) is 14.3. The second-order valence-corrected chi connectivity index (χ2v) is 5.15. The van der Waals surface area contributed by atoms with E-state index in [4.69, 9.17) is 16.7 Å². The van der Waals surface area contributed by atoms with Gasteiger partial charge in [-0.3, -0.25) is 9.59 Å². The molecule has 1 atom stereocenters. The van der Waals surface area contributed by atoms with Crippen LogP contribution in [0.15, 0.2) is 12.1 Å². The molecule has 1 aliphatic heterocycles. The van der Waals surface area contributed by atoms with E-state index in [9.17, 15) is 9.59 Å². The van der Waals surface area contributed by atoms with Crippen molar-refractivity contribution < 1.29 is 14.7 Å². The zero-order valence-electron chi connectivity index (χ0n) is 11.0. The maximum Gasteiger partial charge on any atom is 0.305 e. The van der Waals surface area contributed by atoms with Gasteiger partial charge in [0.1, 0.15) is 6.04 Å². The fourth-order valence-corrected chi connectivity index (χ4v) is 2.75. The lowest BCUT2D eigenvalue weighted by Gasteiger charge is -2.40. The average molecular weight is 283 g/mol. The summed E-state index contributed by atoms with van der Waals surface area (Å²) >= 11 is 6.04. The van der Waals surface area contributed by atoms with Crippen LogP contribution in [0, 0.1) is 6.92 Å². The highest BCUT2D eigenvalue weighted by molar-refractivity contribution is 6.31. The topological polar surface area (TPSA) is 60.9 Å². The molecule has 0 fully saturated rings. The number of hydrogen-bond acceptors (Lipinski definition) is 3. The van der Waals surface area contributed by atoms with Gasteiger partial charge in [0.15, 0.2) is 0 Å². The molecule has 0 spiro atoms. The first-order chi connectivity index (χ1) is 8.82. The number of carbonyl (C=O) groups excluding carboxylic acids is 1. The maximum atomic E-state index is 12.3. The van der Waals surface area contributed by atoms with Gasteiger partial charge in [0, 0.05) is 19.1 Å². The molecule has 1 aliphatic rings. The van der Waals surface area contributed by atoms with Crippen LogP contribution in [-0.2, 0) is 9.59 Å². The van der Waals surface area contributed by atoms with Crippen LogP contribution in [0.5, 0.6) is 0 Å². The van der Waals surface area contributed by atoms with E-state index in [0.29, 0.717) is 5.02 Å². The van der Waals surface area contributed by atoms with Crippen LogP contribution in [0.3, 0.4) is 0 Å². The van der Waals surface area contributed by atoms with Gasteiger partial charge in [-0.25, -0.2) is 0 Å². The molecule has 1 unspecified atom stereocenters. The van der Waals surface area contributed by atoms with Gasteiger partial charge in [-0.2, -0.15) is 0 Å². The normalized spacial score (nSPS) is 18.5. The lowest BCUT2D eigenvalue weighted by atomic mass is 10.0. The molecule has 1 aromatic carbocycles. The number of carboxylic acid groups (broad SMARTS) is 1. The predicted molar refractivity (Wildman–Crippen MR) is 74.0 cm³/mol. The second-order valence-electron chi connectivity index (χ2n) is 4.71. The van der Waals surface area contributed by atoms with Crippen LogP contribution >= 0.6 is 11.6 Å². The van der Waals surface area contributed by atoms with Crippen LogP contribution < -0.4 is 9.80 Å². The van der Waals surface area contributed by atoms with Crippen molar-refractivity contribution in [2.75, 3.05) is 23.9 Å². The number of aryl methyl sites for hydroxylation is 1. The molecule has 0 aromatic heterocycles. The number of aliphatic carboxylic acids is 1. The van der Waals surface area contributed by atoms with E-state index in [0.717, 1.165) is 16.9 Å². The predicted octanol–water partition coefficient (Wildman–Crippen LogP) is 1.90. The van der Waals surface area contributed by atoms with E-state index in [2.05, 4.69) is 0 Å². The Morgan fingerprint density at radius 1 is 1.42 bits per heavy atom. The van der Waals surface area contributed by atoms with Gasteiger partial charge >= 0.3 is 5.97 Å². The van der Waals surface area contributed by atoms with E-state index >= 15 is 0 Å². The Kier molecular flexibility index (Phi) is 3.41. The van der Waals surface area contributed by atoms with E-state index in [1.807, 2.05) is 6.92 Å². The molecule has 0 saturated carbocycles. The van der Waals surface area contributed by atoms with Crippen molar-refractivity contribution >= 4 is 34.9 Å². The summed E-state index contributed by atoms with van der Waals surface area (Å²) in [7, 11) is 3.37. The minimum atomic E-state index is -0.999. The molecule has 0 saturated heterocycles. The van der Waals surface area contributed by atoms with Crippen LogP contribution in [0.25, 0.3) is 0 Å². The van der Waals surface area contributed by atoms with Crippen LogP contribution in [0.1, 0.15) is 12.0 Å². The van der Waals surface area contributed by atoms with Gasteiger partial charge in [-0.05, 0) is 24.6 Å². The summed E-state index contributed by atoms with van der Waals surface area (Å²) in [6.07, 6.45) is -0.231. The molecule has 1 amide bonds. The molecule has 1 heterocycles. The number of halogens is 1. The smallest absolute Gasteiger partial charge is 0.305 e. The zero-order valence-corrected chi connectivity index (χ0v) is 11.7. The van der Waals surface area contributed by atoms with E-state index in [-0.39, 0.29) is 12.3 Å². The summed E-state index contributed by atoms with van der Waals surface area (Å²) in [5, 5.41) is 9.49. The highest BCUT2D eigenvalue weighted by atomic mass is 35.5. The van der Waals surface area contributed by atoms with Crippen molar-refractivity contribution in [2.24, 2.45) is 0 Å². The van der Waals surface area contributed by atoms with Gasteiger partial charge in [-0.15, -0.1) is 0 Å². The third-order valence-corrected chi connectivity index (χ3v) is 3.63. The van der Waals surface area contributed by atoms with E-state index in [1.54, 1.807) is 31.1 Å².